The molecule has 1 aromatic rings. The highest BCUT2D eigenvalue weighted by Gasteiger charge is 2.37. The number of hydrogen-bond donors (Lipinski definition) is 3. The van der Waals surface area contributed by atoms with Gasteiger partial charge in [0.05, 0.1) is 15.8 Å². The summed E-state index contributed by atoms with van der Waals surface area (Å²) in [5, 5.41) is 26.4. The predicted molar refractivity (Wildman–Crippen MR) is 70.5 cm³/mol. The van der Waals surface area contributed by atoms with E-state index in [4.69, 9.17) is 15.2 Å². The summed E-state index contributed by atoms with van der Waals surface area (Å²) in [5.74, 6) is -0.842. The normalized spacial score (nSPS) is 17.9. The summed E-state index contributed by atoms with van der Waals surface area (Å²) in [4.78, 5) is 11.0. The molecular weight excluding hydrogens is 253 g/mol. The Hall–Kier alpha value is -1.47. The minimum Gasteiger partial charge on any atom is -0.535 e. The molecule has 0 saturated heterocycles. The molecule has 1 atom stereocenters. The molecular formula is C11H12BNO4S. The van der Waals surface area contributed by atoms with Crippen LogP contribution in [0.1, 0.15) is 22.8 Å². The van der Waals surface area contributed by atoms with Crippen LogP contribution in [0.5, 0.6) is 5.75 Å². The van der Waals surface area contributed by atoms with Crippen LogP contribution >= 0.6 is 11.8 Å². The summed E-state index contributed by atoms with van der Waals surface area (Å²) in [7, 11) is -1.09. The van der Waals surface area contributed by atoms with Gasteiger partial charge in [-0.25, -0.2) is 4.79 Å². The Labute approximate surface area is 109 Å². The van der Waals surface area contributed by atoms with Gasteiger partial charge in [-0.1, -0.05) is 12.1 Å². The number of hydrogen-bond acceptors (Lipinski definition) is 5. The smallest absolute Gasteiger partial charge is 0.535 e. The van der Waals surface area contributed by atoms with Crippen LogP contribution in [0.3, 0.4) is 0 Å². The van der Waals surface area contributed by atoms with E-state index in [0.717, 1.165) is 5.56 Å². The Bertz CT molecular complexity index is 508. The fourth-order valence-electron chi connectivity index (χ4n) is 1.89. The summed E-state index contributed by atoms with van der Waals surface area (Å²) in [5.41, 5.74) is 0.806. The molecule has 0 bridgehead atoms. The van der Waals surface area contributed by atoms with E-state index in [1.165, 1.54) is 17.8 Å². The molecule has 7 heteroatoms. The Kier molecular flexibility index (Phi) is 3.63. The Morgan fingerprint density at radius 3 is 2.94 bits per heavy atom. The topological polar surface area (TPSA) is 90.6 Å². The first-order valence-corrected chi connectivity index (χ1v) is 6.28. The van der Waals surface area contributed by atoms with Crippen LogP contribution in [0.25, 0.3) is 0 Å². The molecule has 0 fully saturated rings. The van der Waals surface area contributed by atoms with E-state index in [2.05, 4.69) is 0 Å². The van der Waals surface area contributed by atoms with Gasteiger partial charge in [0.1, 0.15) is 5.75 Å². The molecule has 1 heterocycles. The maximum absolute atomic E-state index is 11.0. The van der Waals surface area contributed by atoms with Crippen LogP contribution in [0.4, 0.5) is 0 Å². The molecule has 0 aromatic heterocycles. The standard InChI is InChI=1S/C11H12BNO4S/c1-6(13)18-9-5-7-3-2-4-8(11(14)15)10(7)17-12(9)16/h2-4,9,13,16H,5H2,1H3,(H,14,15). The van der Waals surface area contributed by atoms with Crippen molar-refractivity contribution in [2.24, 2.45) is 0 Å². The number of rotatable bonds is 2. The fourth-order valence-corrected chi connectivity index (χ4v) is 2.78. The van der Waals surface area contributed by atoms with Gasteiger partial charge in [0.25, 0.3) is 0 Å². The zero-order valence-corrected chi connectivity index (χ0v) is 10.5. The lowest BCUT2D eigenvalue weighted by Gasteiger charge is -2.27. The van der Waals surface area contributed by atoms with Crippen molar-refractivity contribution < 1.29 is 19.6 Å². The molecule has 1 aliphatic rings. The van der Waals surface area contributed by atoms with E-state index in [9.17, 15) is 9.82 Å². The quantitative estimate of drug-likeness (QED) is 0.427. The number of nitrogens with one attached hydrogen (secondary N) is 1. The first-order chi connectivity index (χ1) is 8.49. The van der Waals surface area contributed by atoms with Gasteiger partial charge in [-0.3, -0.25) is 5.41 Å². The molecule has 0 aliphatic carbocycles. The van der Waals surface area contributed by atoms with E-state index in [1.807, 2.05) is 0 Å². The molecule has 0 saturated carbocycles. The third-order valence-corrected chi connectivity index (χ3v) is 3.69. The van der Waals surface area contributed by atoms with E-state index in [1.54, 1.807) is 19.1 Å². The summed E-state index contributed by atoms with van der Waals surface area (Å²) in [6, 6.07) is 4.88. The van der Waals surface area contributed by atoms with Gasteiger partial charge >= 0.3 is 13.1 Å². The Morgan fingerprint density at radius 2 is 2.33 bits per heavy atom. The van der Waals surface area contributed by atoms with Crippen molar-refractivity contribution in [1.82, 2.24) is 0 Å². The average Bonchev–Trinajstić information content (AvgIpc) is 2.28. The lowest BCUT2D eigenvalue weighted by atomic mass is 9.77. The molecule has 5 nitrogen and oxygen atoms in total. The molecule has 1 aliphatic heterocycles. The van der Waals surface area contributed by atoms with Crippen molar-refractivity contribution >= 4 is 29.9 Å². The summed E-state index contributed by atoms with van der Waals surface area (Å²) in [6.45, 7) is 1.64. The van der Waals surface area contributed by atoms with E-state index in [0.29, 0.717) is 11.5 Å². The van der Waals surface area contributed by atoms with E-state index < -0.39 is 13.1 Å². The van der Waals surface area contributed by atoms with Crippen molar-refractivity contribution in [2.75, 3.05) is 0 Å². The van der Waals surface area contributed by atoms with Gasteiger partial charge in [-0.05, 0) is 25.0 Å². The number of carboxylic acid groups (broad SMARTS) is 1. The van der Waals surface area contributed by atoms with Gasteiger partial charge in [-0.2, -0.15) is 0 Å². The second-order valence-electron chi connectivity index (χ2n) is 4.02. The molecule has 1 unspecified atom stereocenters. The zero-order valence-electron chi connectivity index (χ0n) is 9.71. The molecule has 0 amide bonds. The maximum Gasteiger partial charge on any atom is 0.537 e. The number of benzene rings is 1. The van der Waals surface area contributed by atoms with Gasteiger partial charge in [0.2, 0.25) is 0 Å². The van der Waals surface area contributed by atoms with Crippen molar-refractivity contribution in [3.63, 3.8) is 0 Å². The van der Waals surface area contributed by atoms with Gasteiger partial charge in [0, 0.05) is 0 Å². The largest absolute Gasteiger partial charge is 0.537 e. The highest BCUT2D eigenvalue weighted by Crippen LogP contribution is 2.34. The minimum atomic E-state index is -1.09. The molecule has 3 N–H and O–H groups in total. The van der Waals surface area contributed by atoms with Crippen LogP contribution in [0.15, 0.2) is 18.2 Å². The van der Waals surface area contributed by atoms with E-state index >= 15 is 0 Å². The average molecular weight is 265 g/mol. The van der Waals surface area contributed by atoms with Crippen molar-refractivity contribution in [3.05, 3.63) is 29.3 Å². The summed E-state index contributed by atoms with van der Waals surface area (Å²) >= 11 is 1.22. The Morgan fingerprint density at radius 1 is 1.61 bits per heavy atom. The van der Waals surface area contributed by atoms with Crippen molar-refractivity contribution in [1.29, 1.82) is 5.41 Å². The fraction of sp³-hybridized carbons (Fsp3) is 0.273. The molecule has 18 heavy (non-hydrogen) atoms. The number of carbonyl (C=O) groups is 1. The predicted octanol–water partition coefficient (Wildman–Crippen LogP) is 1.44. The Balaban J connectivity index is 2.33. The molecule has 0 spiro atoms. The van der Waals surface area contributed by atoms with Crippen LogP contribution in [-0.4, -0.2) is 33.4 Å². The highest BCUT2D eigenvalue weighted by molar-refractivity contribution is 8.15. The lowest BCUT2D eigenvalue weighted by Crippen LogP contribution is -2.41. The lowest BCUT2D eigenvalue weighted by molar-refractivity contribution is 0.0694. The van der Waals surface area contributed by atoms with Crippen molar-refractivity contribution in [3.8, 4) is 5.75 Å². The number of fused-ring (bicyclic) bond motifs is 1. The van der Waals surface area contributed by atoms with Gasteiger partial charge in [0.15, 0.2) is 0 Å². The SMILES string of the molecule is CC(=N)SC1Cc2cccc(C(=O)O)c2OB1O. The third kappa shape index (κ3) is 2.52. The number of para-hydroxylation sites is 1. The van der Waals surface area contributed by atoms with Crippen LogP contribution in [0.2, 0.25) is 0 Å². The second kappa shape index (κ2) is 5.03. The second-order valence-corrected chi connectivity index (χ2v) is 5.48. The van der Waals surface area contributed by atoms with Crippen LogP contribution in [0, 0.1) is 5.41 Å². The number of carboxylic acids is 1. The van der Waals surface area contributed by atoms with E-state index in [-0.39, 0.29) is 16.5 Å². The molecule has 2 rings (SSSR count). The number of thioether (sulfide) groups is 1. The monoisotopic (exact) mass is 265 g/mol. The molecule has 94 valence electrons. The van der Waals surface area contributed by atoms with Crippen molar-refractivity contribution in [2.45, 2.75) is 18.5 Å². The first kappa shape index (κ1) is 13.0. The van der Waals surface area contributed by atoms with Crippen LogP contribution in [-0.2, 0) is 6.42 Å². The molecule has 0 radical (unpaired) electrons. The summed E-state index contributed by atoms with van der Waals surface area (Å²) in [6.07, 6.45) is 0.485. The third-order valence-electron chi connectivity index (χ3n) is 2.63. The zero-order chi connectivity index (χ0) is 13.3. The van der Waals surface area contributed by atoms with Gasteiger partial charge in [-0.15, -0.1) is 11.8 Å². The first-order valence-electron chi connectivity index (χ1n) is 5.40. The highest BCUT2D eigenvalue weighted by atomic mass is 32.2. The molecule has 1 aromatic carbocycles. The van der Waals surface area contributed by atoms with Gasteiger partial charge < -0.3 is 14.8 Å². The maximum atomic E-state index is 11.0. The summed E-state index contributed by atoms with van der Waals surface area (Å²) < 4.78 is 5.29. The number of aromatic carboxylic acids is 1. The van der Waals surface area contributed by atoms with Crippen LogP contribution < -0.4 is 4.65 Å². The minimum absolute atomic E-state index is 0.0570.